The molecule has 0 radical (unpaired) electrons. The summed E-state index contributed by atoms with van der Waals surface area (Å²) in [5.41, 5.74) is 0. The summed E-state index contributed by atoms with van der Waals surface area (Å²) in [6, 6.07) is 0. The molecule has 2 N–H and O–H groups in total. The summed E-state index contributed by atoms with van der Waals surface area (Å²) in [6.07, 6.45) is -7.12. The molecule has 0 aliphatic carbocycles. The third kappa shape index (κ3) is 2.11. The molecule has 0 heterocycles. The van der Waals surface area contributed by atoms with Crippen molar-refractivity contribution < 1.29 is 52.2 Å². The van der Waals surface area contributed by atoms with Crippen LogP contribution in [-0.4, -0.2) is 31.7 Å². The maximum atomic E-state index is 12.5. The summed E-state index contributed by atoms with van der Waals surface area (Å²) in [4.78, 5) is 0. The van der Waals surface area contributed by atoms with Crippen molar-refractivity contribution in [2.24, 2.45) is 5.90 Å². The molecule has 0 atom stereocenters. The molecular formula is C4H2F9NO3S. The van der Waals surface area contributed by atoms with Gasteiger partial charge in [-0.25, -0.2) is 0 Å². The fourth-order valence-electron chi connectivity index (χ4n) is 0.578. The summed E-state index contributed by atoms with van der Waals surface area (Å²) in [5.74, 6) is -11.0. The van der Waals surface area contributed by atoms with Crippen molar-refractivity contribution >= 4 is 10.1 Å². The van der Waals surface area contributed by atoms with E-state index in [0.717, 1.165) is 0 Å². The first-order valence-corrected chi connectivity index (χ1v) is 4.80. The Hall–Kier alpha value is -0.760. The Morgan fingerprint density at radius 3 is 1.33 bits per heavy atom. The first kappa shape index (κ1) is 17.2. The van der Waals surface area contributed by atoms with Crippen molar-refractivity contribution in [1.82, 2.24) is 0 Å². The molecule has 0 aromatic rings. The summed E-state index contributed by atoms with van der Waals surface area (Å²) in [7, 11) is -6.88. The second-order valence-electron chi connectivity index (χ2n) is 2.71. The molecule has 0 amide bonds. The number of rotatable bonds is 4. The Morgan fingerprint density at radius 2 is 1.11 bits per heavy atom. The maximum absolute atomic E-state index is 12.5. The van der Waals surface area contributed by atoms with Gasteiger partial charge >= 0.3 is 33.4 Å². The molecule has 0 aliphatic heterocycles. The lowest BCUT2D eigenvalue weighted by Crippen LogP contribution is -2.63. The zero-order valence-corrected chi connectivity index (χ0v) is 8.43. The molecule has 0 bridgehead atoms. The number of hydrogen-bond donors (Lipinski definition) is 1. The highest BCUT2D eigenvalue weighted by Crippen LogP contribution is 2.54. The predicted octanol–water partition coefficient (Wildman–Crippen LogP) is 1.63. The lowest BCUT2D eigenvalue weighted by Gasteiger charge is -2.32. The quantitative estimate of drug-likeness (QED) is 0.632. The van der Waals surface area contributed by atoms with Crippen LogP contribution in [0, 0.1) is 0 Å². The molecule has 14 heteroatoms. The van der Waals surface area contributed by atoms with Crippen molar-refractivity contribution in [2.75, 3.05) is 0 Å². The average molecular weight is 315 g/mol. The SMILES string of the molecule is NOS(=O)(=O)C(F)(F)C(F)(F)C(F)(F)C(F)(F)F. The van der Waals surface area contributed by atoms with E-state index in [2.05, 4.69) is 10.2 Å². The smallest absolute Gasteiger partial charge is 0.197 e. The normalized spacial score (nSPS) is 15.9. The van der Waals surface area contributed by atoms with Crippen molar-refractivity contribution in [2.45, 2.75) is 23.3 Å². The molecule has 0 fully saturated rings. The van der Waals surface area contributed by atoms with Crippen LogP contribution >= 0.6 is 0 Å². The van der Waals surface area contributed by atoms with Crippen LogP contribution in [0.25, 0.3) is 0 Å². The third-order valence-electron chi connectivity index (χ3n) is 1.56. The molecule has 110 valence electrons. The van der Waals surface area contributed by atoms with E-state index in [1.807, 2.05) is 0 Å². The molecule has 0 rings (SSSR count). The van der Waals surface area contributed by atoms with Gasteiger partial charge in [0.2, 0.25) is 0 Å². The first-order chi connectivity index (χ1) is 7.56. The molecular weight excluding hydrogens is 313 g/mol. The van der Waals surface area contributed by atoms with Gasteiger partial charge in [0.05, 0.1) is 0 Å². The zero-order valence-electron chi connectivity index (χ0n) is 7.61. The summed E-state index contributed by atoms with van der Waals surface area (Å²) in [6.45, 7) is 0. The minimum atomic E-state index is -7.32. The molecule has 4 nitrogen and oxygen atoms in total. The van der Waals surface area contributed by atoms with Crippen molar-refractivity contribution in [3.05, 3.63) is 0 Å². The van der Waals surface area contributed by atoms with Gasteiger partial charge in [0.25, 0.3) is 0 Å². The van der Waals surface area contributed by atoms with E-state index in [0.29, 0.717) is 0 Å². The van der Waals surface area contributed by atoms with Crippen molar-refractivity contribution in [1.29, 1.82) is 0 Å². The second kappa shape index (κ2) is 4.12. The van der Waals surface area contributed by atoms with Crippen LogP contribution < -0.4 is 5.90 Å². The Bertz CT molecular complexity index is 412. The van der Waals surface area contributed by atoms with Gasteiger partial charge < -0.3 is 0 Å². The molecule has 0 saturated carbocycles. The molecule has 0 aromatic carbocycles. The number of halogens is 9. The lowest BCUT2D eigenvalue weighted by atomic mass is 10.1. The van der Waals surface area contributed by atoms with Crippen LogP contribution in [0.3, 0.4) is 0 Å². The predicted molar refractivity (Wildman–Crippen MR) is 35.1 cm³/mol. The summed E-state index contributed by atoms with van der Waals surface area (Å²) < 4.78 is 131. The highest BCUT2D eigenvalue weighted by atomic mass is 32.2. The van der Waals surface area contributed by atoms with E-state index >= 15 is 0 Å². The Balaban J connectivity index is 5.96. The number of nitrogens with two attached hydrogens (primary N) is 1. The standard InChI is InChI=1S/C4H2F9NO3S/c5-1(6,3(9,10)11)2(7,8)4(12,13)18(15,16)17-14/h14H2. The highest BCUT2D eigenvalue weighted by Gasteiger charge is 2.85. The lowest BCUT2D eigenvalue weighted by molar-refractivity contribution is -0.382. The molecule has 0 aliphatic rings. The second-order valence-corrected chi connectivity index (χ2v) is 4.33. The summed E-state index contributed by atoms with van der Waals surface area (Å²) in [5, 5.41) is -6.90. The topological polar surface area (TPSA) is 69.4 Å². The van der Waals surface area contributed by atoms with E-state index in [4.69, 9.17) is 0 Å². The maximum Gasteiger partial charge on any atom is 0.460 e. The van der Waals surface area contributed by atoms with Gasteiger partial charge in [0, 0.05) is 0 Å². The van der Waals surface area contributed by atoms with E-state index < -0.39 is 33.4 Å². The van der Waals surface area contributed by atoms with Gasteiger partial charge in [-0.3, -0.25) is 0 Å². The Kier molecular flexibility index (Phi) is 3.95. The Labute approximate surface area is 92.6 Å². The highest BCUT2D eigenvalue weighted by molar-refractivity contribution is 7.87. The third-order valence-corrected chi connectivity index (χ3v) is 2.69. The van der Waals surface area contributed by atoms with Crippen LogP contribution in [0.5, 0.6) is 0 Å². The molecule has 0 unspecified atom stereocenters. The van der Waals surface area contributed by atoms with E-state index in [9.17, 15) is 47.9 Å². The van der Waals surface area contributed by atoms with Crippen LogP contribution in [0.4, 0.5) is 39.5 Å². The van der Waals surface area contributed by atoms with E-state index in [1.165, 1.54) is 0 Å². The van der Waals surface area contributed by atoms with Crippen LogP contribution in [0.15, 0.2) is 0 Å². The van der Waals surface area contributed by atoms with Gasteiger partial charge in [-0.2, -0.15) is 58.1 Å². The van der Waals surface area contributed by atoms with Crippen LogP contribution in [0.1, 0.15) is 0 Å². The largest absolute Gasteiger partial charge is 0.460 e. The zero-order chi connectivity index (χ0) is 15.2. The fourth-order valence-corrected chi connectivity index (χ4v) is 1.14. The first-order valence-electron chi connectivity index (χ1n) is 3.39. The van der Waals surface area contributed by atoms with E-state index in [-0.39, 0.29) is 0 Å². The van der Waals surface area contributed by atoms with Crippen molar-refractivity contribution in [3.63, 3.8) is 0 Å². The molecule has 0 aromatic heterocycles. The van der Waals surface area contributed by atoms with Gasteiger partial charge in [-0.05, 0) is 0 Å². The van der Waals surface area contributed by atoms with Crippen LogP contribution in [-0.2, 0) is 14.4 Å². The van der Waals surface area contributed by atoms with Gasteiger partial charge in [0.15, 0.2) is 0 Å². The average Bonchev–Trinajstić information content (AvgIpc) is 2.15. The number of hydrogen-bond acceptors (Lipinski definition) is 4. The summed E-state index contributed by atoms with van der Waals surface area (Å²) >= 11 is 0. The van der Waals surface area contributed by atoms with E-state index in [1.54, 1.807) is 0 Å². The van der Waals surface area contributed by atoms with Crippen LogP contribution in [0.2, 0.25) is 0 Å². The molecule has 0 spiro atoms. The minimum Gasteiger partial charge on any atom is -0.197 e. The number of alkyl halides is 9. The molecule has 18 heavy (non-hydrogen) atoms. The minimum absolute atomic E-state index is 2.34. The van der Waals surface area contributed by atoms with Crippen molar-refractivity contribution in [3.8, 4) is 0 Å². The monoisotopic (exact) mass is 315 g/mol. The fraction of sp³-hybridized carbons (Fsp3) is 1.00. The van der Waals surface area contributed by atoms with Gasteiger partial charge in [0.1, 0.15) is 0 Å². The Morgan fingerprint density at radius 1 is 0.778 bits per heavy atom. The van der Waals surface area contributed by atoms with Gasteiger partial charge in [-0.1, -0.05) is 0 Å². The molecule has 0 saturated heterocycles. The van der Waals surface area contributed by atoms with Gasteiger partial charge in [-0.15, -0.1) is 0 Å².